The first-order valence-corrected chi connectivity index (χ1v) is 6.28. The van der Waals surface area contributed by atoms with E-state index in [0.717, 1.165) is 5.56 Å². The summed E-state index contributed by atoms with van der Waals surface area (Å²) in [7, 11) is 0. The van der Waals surface area contributed by atoms with Gasteiger partial charge < -0.3 is 10.4 Å². The van der Waals surface area contributed by atoms with Crippen LogP contribution in [0.2, 0.25) is 0 Å². The Hall–Kier alpha value is -1.39. The second kappa shape index (κ2) is 5.08. The van der Waals surface area contributed by atoms with Crippen molar-refractivity contribution in [2.24, 2.45) is 0 Å². The van der Waals surface area contributed by atoms with E-state index in [1.807, 2.05) is 13.8 Å². The fourth-order valence-corrected chi connectivity index (χ4v) is 2.28. The van der Waals surface area contributed by atoms with Gasteiger partial charge in [0, 0.05) is 13.1 Å². The first-order chi connectivity index (χ1) is 8.50. The van der Waals surface area contributed by atoms with E-state index < -0.39 is 12.0 Å². The molecule has 0 bridgehead atoms. The topological polar surface area (TPSA) is 81.2 Å². The van der Waals surface area contributed by atoms with E-state index in [0.29, 0.717) is 0 Å². The lowest BCUT2D eigenvalue weighted by atomic mass is 9.96. The summed E-state index contributed by atoms with van der Waals surface area (Å²) < 4.78 is 0. The maximum absolute atomic E-state index is 10.8. The molecule has 0 amide bonds. The summed E-state index contributed by atoms with van der Waals surface area (Å²) in [5.74, 6) is -0.764. The molecular formula is C14H20N2O2. The van der Waals surface area contributed by atoms with Crippen LogP contribution in [0.5, 0.6) is 0 Å². The first kappa shape index (κ1) is 13.1. The minimum absolute atomic E-state index is 0.00287. The zero-order valence-corrected chi connectivity index (χ0v) is 11.1. The minimum atomic E-state index is -0.764. The molecule has 0 aliphatic carbocycles. The molecular weight excluding hydrogens is 228 g/mol. The second-order valence-electron chi connectivity index (χ2n) is 5.02. The van der Waals surface area contributed by atoms with Gasteiger partial charge in [0.05, 0.1) is 6.04 Å². The maximum atomic E-state index is 10.8. The molecule has 2 aliphatic rings. The summed E-state index contributed by atoms with van der Waals surface area (Å²) in [4.78, 5) is 10.8. The molecule has 3 N–H and O–H groups in total. The number of carboxylic acid groups (broad SMARTS) is 1. The highest BCUT2D eigenvalue weighted by molar-refractivity contribution is 5.79. The standard InChI is InChI=1S/C12H15NO2.C2H5N/c1-6-4-7(2)9(8(3)5-6)10-11(13-10)12(14)15;1-2-3-1/h4-5,10-11,13H,1-3H3,(H,14,15);3H,1-2H2/t10-,11+;/m0./s1. The average Bonchev–Trinajstić information content (AvgIpc) is 3.13. The van der Waals surface area contributed by atoms with Gasteiger partial charge in [-0.1, -0.05) is 17.7 Å². The monoisotopic (exact) mass is 248 g/mol. The molecule has 1 aromatic rings. The van der Waals surface area contributed by atoms with Crippen LogP contribution in [-0.4, -0.2) is 30.2 Å². The van der Waals surface area contributed by atoms with Crippen molar-refractivity contribution in [3.63, 3.8) is 0 Å². The molecule has 3 rings (SSSR count). The molecule has 18 heavy (non-hydrogen) atoms. The highest BCUT2D eigenvalue weighted by Gasteiger charge is 2.44. The van der Waals surface area contributed by atoms with Crippen LogP contribution >= 0.6 is 0 Å². The molecule has 2 aliphatic heterocycles. The second-order valence-corrected chi connectivity index (χ2v) is 5.02. The number of carboxylic acids is 1. The van der Waals surface area contributed by atoms with Gasteiger partial charge in [-0.05, 0) is 37.5 Å². The van der Waals surface area contributed by atoms with Crippen LogP contribution in [0.15, 0.2) is 12.1 Å². The number of hydrogen-bond donors (Lipinski definition) is 3. The summed E-state index contributed by atoms with van der Waals surface area (Å²) in [5, 5.41) is 14.8. The number of aryl methyl sites for hydroxylation is 3. The molecule has 0 aromatic heterocycles. The Morgan fingerprint density at radius 2 is 1.72 bits per heavy atom. The Kier molecular flexibility index (Phi) is 3.68. The smallest absolute Gasteiger partial charge is 0.322 e. The van der Waals surface area contributed by atoms with Gasteiger partial charge in [0.15, 0.2) is 0 Å². The molecule has 0 saturated carbocycles. The lowest BCUT2D eigenvalue weighted by molar-refractivity contribution is -0.136. The highest BCUT2D eigenvalue weighted by atomic mass is 16.4. The molecule has 0 spiro atoms. The van der Waals surface area contributed by atoms with Crippen molar-refractivity contribution in [1.29, 1.82) is 0 Å². The normalized spacial score (nSPS) is 23.9. The molecule has 2 heterocycles. The third-order valence-corrected chi connectivity index (χ3v) is 3.15. The van der Waals surface area contributed by atoms with E-state index in [9.17, 15) is 4.79 Å². The largest absolute Gasteiger partial charge is 0.480 e. The van der Waals surface area contributed by atoms with Gasteiger partial charge in [-0.15, -0.1) is 0 Å². The number of rotatable bonds is 2. The van der Waals surface area contributed by atoms with Crippen molar-refractivity contribution in [1.82, 2.24) is 10.6 Å². The van der Waals surface area contributed by atoms with Gasteiger partial charge in [0.25, 0.3) is 0 Å². The summed E-state index contributed by atoms with van der Waals surface area (Å²) in [6.45, 7) is 8.63. The molecule has 2 atom stereocenters. The van der Waals surface area contributed by atoms with Gasteiger partial charge in [-0.3, -0.25) is 10.1 Å². The van der Waals surface area contributed by atoms with Gasteiger partial charge in [0.1, 0.15) is 6.04 Å². The van der Waals surface area contributed by atoms with E-state index in [1.54, 1.807) is 0 Å². The van der Waals surface area contributed by atoms with Crippen LogP contribution in [0, 0.1) is 20.8 Å². The molecule has 0 unspecified atom stereocenters. The third-order valence-electron chi connectivity index (χ3n) is 3.15. The summed E-state index contributed by atoms with van der Waals surface area (Å²) in [6, 6.07) is 3.80. The predicted octanol–water partition coefficient (Wildman–Crippen LogP) is 1.30. The summed E-state index contributed by atoms with van der Waals surface area (Å²) in [5.41, 5.74) is 4.72. The maximum Gasteiger partial charge on any atom is 0.322 e. The number of aliphatic carboxylic acids is 1. The zero-order valence-electron chi connectivity index (χ0n) is 11.1. The van der Waals surface area contributed by atoms with Gasteiger partial charge in [-0.2, -0.15) is 0 Å². The Labute approximate surface area is 107 Å². The lowest BCUT2D eigenvalue weighted by Crippen LogP contribution is -2.07. The molecule has 1 aromatic carbocycles. The summed E-state index contributed by atoms with van der Waals surface area (Å²) in [6.07, 6.45) is 0. The lowest BCUT2D eigenvalue weighted by Gasteiger charge is -2.09. The van der Waals surface area contributed by atoms with E-state index >= 15 is 0 Å². The van der Waals surface area contributed by atoms with E-state index in [1.165, 1.54) is 29.8 Å². The number of benzene rings is 1. The molecule has 2 saturated heterocycles. The minimum Gasteiger partial charge on any atom is -0.480 e. The van der Waals surface area contributed by atoms with Crippen LogP contribution < -0.4 is 10.6 Å². The van der Waals surface area contributed by atoms with Crippen molar-refractivity contribution in [2.45, 2.75) is 32.9 Å². The van der Waals surface area contributed by atoms with Crippen LogP contribution in [0.25, 0.3) is 0 Å². The van der Waals surface area contributed by atoms with E-state index in [-0.39, 0.29) is 6.04 Å². The van der Waals surface area contributed by atoms with Crippen LogP contribution in [0.1, 0.15) is 28.3 Å². The van der Waals surface area contributed by atoms with Crippen molar-refractivity contribution in [3.05, 3.63) is 34.4 Å². The van der Waals surface area contributed by atoms with Crippen molar-refractivity contribution >= 4 is 5.97 Å². The fraction of sp³-hybridized carbons (Fsp3) is 0.500. The van der Waals surface area contributed by atoms with Crippen LogP contribution in [0.4, 0.5) is 0 Å². The van der Waals surface area contributed by atoms with E-state index in [2.05, 4.69) is 29.7 Å². The molecule has 98 valence electrons. The SMILES string of the molecule is C1CN1.Cc1cc(C)c([C@@H]2N[C@H]2C(=O)O)c(C)c1. The Morgan fingerprint density at radius 3 is 2.06 bits per heavy atom. The number of nitrogens with one attached hydrogen (secondary N) is 2. The van der Waals surface area contributed by atoms with Crippen LogP contribution in [-0.2, 0) is 4.79 Å². The van der Waals surface area contributed by atoms with E-state index in [4.69, 9.17) is 5.11 Å². The van der Waals surface area contributed by atoms with Gasteiger partial charge in [-0.25, -0.2) is 0 Å². The van der Waals surface area contributed by atoms with Gasteiger partial charge in [0.2, 0.25) is 0 Å². The predicted molar refractivity (Wildman–Crippen MR) is 70.8 cm³/mol. The fourth-order valence-electron chi connectivity index (χ4n) is 2.28. The Morgan fingerprint density at radius 1 is 1.22 bits per heavy atom. The zero-order chi connectivity index (χ0) is 13.3. The Balaban J connectivity index is 0.000000350. The van der Waals surface area contributed by atoms with Crippen LogP contribution in [0.3, 0.4) is 0 Å². The molecule has 2 fully saturated rings. The quantitative estimate of drug-likeness (QED) is 0.689. The summed E-state index contributed by atoms with van der Waals surface area (Å²) >= 11 is 0. The first-order valence-electron chi connectivity index (χ1n) is 6.28. The average molecular weight is 248 g/mol. The molecule has 4 heteroatoms. The van der Waals surface area contributed by atoms with Gasteiger partial charge >= 0.3 is 5.97 Å². The van der Waals surface area contributed by atoms with Crippen molar-refractivity contribution in [2.75, 3.05) is 13.1 Å². The number of carbonyl (C=O) groups is 1. The third kappa shape index (κ3) is 3.09. The van der Waals surface area contributed by atoms with Crippen molar-refractivity contribution < 1.29 is 9.90 Å². The highest BCUT2D eigenvalue weighted by Crippen LogP contribution is 2.34. The molecule has 0 radical (unpaired) electrons. The molecule has 4 nitrogen and oxygen atoms in total. The number of hydrogen-bond acceptors (Lipinski definition) is 3. The van der Waals surface area contributed by atoms with Crippen molar-refractivity contribution in [3.8, 4) is 0 Å². The Bertz CT molecular complexity index is 443.